The Balaban J connectivity index is 2.86. The van der Waals surface area contributed by atoms with Gasteiger partial charge in [0.1, 0.15) is 11.0 Å². The summed E-state index contributed by atoms with van der Waals surface area (Å²) in [5, 5.41) is 9.99. The van der Waals surface area contributed by atoms with Gasteiger partial charge in [-0.1, -0.05) is 12.1 Å². The number of hydrogen-bond donors (Lipinski definition) is 1. The third-order valence-corrected chi connectivity index (χ3v) is 1.10. The number of nitrogens with one attached hydrogen (secondary N) is 1. The van der Waals surface area contributed by atoms with Crippen LogP contribution in [0.3, 0.4) is 0 Å². The summed E-state index contributed by atoms with van der Waals surface area (Å²) in [4.78, 5) is 0. The second kappa shape index (κ2) is 1.55. The van der Waals surface area contributed by atoms with Gasteiger partial charge in [0.15, 0.2) is 0 Å². The van der Waals surface area contributed by atoms with Crippen LogP contribution < -0.4 is 0 Å². The fraction of sp³-hybridized carbons (Fsp3) is 0. The highest BCUT2D eigenvalue weighted by atomic mass is 15.3. The lowest BCUT2D eigenvalue weighted by Gasteiger charge is -1.78. The van der Waals surface area contributed by atoms with E-state index in [1.807, 2.05) is 0 Å². The molecule has 3 nitrogen and oxygen atoms in total. The standard InChI is InChI=1S/C6H5N3/c1-2-4-6-5(3-1)7-9-8-6/h1-4H,(H,7,8,9)/i1D,2D. The lowest BCUT2D eigenvalue weighted by Crippen LogP contribution is -1.63. The van der Waals surface area contributed by atoms with Gasteiger partial charge in [0.05, 0.1) is 2.74 Å². The molecule has 0 amide bonds. The predicted octanol–water partition coefficient (Wildman–Crippen LogP) is 0.958. The van der Waals surface area contributed by atoms with Crippen molar-refractivity contribution in [1.82, 2.24) is 15.4 Å². The minimum absolute atomic E-state index is 0.173. The molecule has 0 bridgehead atoms. The number of nitrogens with zero attached hydrogens (tertiary/aromatic N) is 2. The van der Waals surface area contributed by atoms with E-state index < -0.39 is 0 Å². The van der Waals surface area contributed by atoms with Crippen molar-refractivity contribution in [2.24, 2.45) is 0 Å². The molecule has 0 aliphatic rings. The third kappa shape index (κ3) is 0.579. The minimum atomic E-state index is 0.173. The fourth-order valence-electron chi connectivity index (χ4n) is 0.680. The molecular weight excluding hydrogens is 114 g/mol. The van der Waals surface area contributed by atoms with Crippen molar-refractivity contribution >= 4 is 11.0 Å². The van der Waals surface area contributed by atoms with Gasteiger partial charge >= 0.3 is 0 Å². The molecule has 1 N–H and O–H groups in total. The van der Waals surface area contributed by atoms with Crippen molar-refractivity contribution in [3.63, 3.8) is 0 Å². The van der Waals surface area contributed by atoms with Gasteiger partial charge < -0.3 is 0 Å². The smallest absolute Gasteiger partial charge is 0.112 e. The van der Waals surface area contributed by atoms with Crippen LogP contribution in [0.2, 0.25) is 0 Å². The zero-order valence-electron chi connectivity index (χ0n) is 6.55. The fourth-order valence-corrected chi connectivity index (χ4v) is 0.680. The van der Waals surface area contributed by atoms with Crippen LogP contribution >= 0.6 is 0 Å². The molecule has 0 radical (unpaired) electrons. The molecule has 0 unspecified atom stereocenters. The van der Waals surface area contributed by atoms with Crippen LogP contribution in [0, 0.1) is 0 Å². The quantitative estimate of drug-likeness (QED) is 0.564. The zero-order chi connectivity index (χ0) is 7.84. The van der Waals surface area contributed by atoms with Crippen LogP contribution in [0.5, 0.6) is 0 Å². The Hall–Kier alpha value is -1.38. The van der Waals surface area contributed by atoms with E-state index in [4.69, 9.17) is 2.74 Å². The first-order valence-corrected chi connectivity index (χ1v) is 2.55. The zero-order valence-corrected chi connectivity index (χ0v) is 4.55. The number of rotatable bonds is 0. The molecule has 1 aromatic heterocycles. The number of aromatic nitrogens is 3. The van der Waals surface area contributed by atoms with Crippen LogP contribution in [0.25, 0.3) is 11.0 Å². The van der Waals surface area contributed by atoms with Gasteiger partial charge in [0.25, 0.3) is 0 Å². The van der Waals surface area contributed by atoms with E-state index in [9.17, 15) is 0 Å². The molecule has 9 heavy (non-hydrogen) atoms. The predicted molar refractivity (Wildman–Crippen MR) is 33.9 cm³/mol. The molecule has 0 aliphatic carbocycles. The van der Waals surface area contributed by atoms with Gasteiger partial charge in [0, 0.05) is 0 Å². The van der Waals surface area contributed by atoms with Crippen molar-refractivity contribution in [1.29, 1.82) is 0 Å². The van der Waals surface area contributed by atoms with Crippen LogP contribution in [0.4, 0.5) is 0 Å². The summed E-state index contributed by atoms with van der Waals surface area (Å²) in [6.07, 6.45) is 0. The molecule has 0 aliphatic heterocycles. The third-order valence-electron chi connectivity index (χ3n) is 1.10. The molecule has 0 saturated heterocycles. The molecule has 2 rings (SSSR count). The summed E-state index contributed by atoms with van der Waals surface area (Å²) in [5.74, 6) is 0. The van der Waals surface area contributed by atoms with Crippen LogP contribution in [-0.4, -0.2) is 15.4 Å². The van der Waals surface area contributed by atoms with Gasteiger partial charge in [-0.2, -0.15) is 15.4 Å². The highest BCUT2D eigenvalue weighted by Gasteiger charge is 1.90. The van der Waals surface area contributed by atoms with Crippen molar-refractivity contribution in [3.05, 3.63) is 24.2 Å². The molecule has 44 valence electrons. The van der Waals surface area contributed by atoms with Crippen molar-refractivity contribution < 1.29 is 2.74 Å². The number of H-pyrrole nitrogens is 1. The number of benzene rings is 1. The summed E-state index contributed by atoms with van der Waals surface area (Å²) in [5.41, 5.74) is 1.26. The van der Waals surface area contributed by atoms with Gasteiger partial charge in [-0.25, -0.2) is 0 Å². The van der Waals surface area contributed by atoms with Crippen LogP contribution in [0.15, 0.2) is 24.2 Å². The van der Waals surface area contributed by atoms with Gasteiger partial charge in [-0.05, 0) is 12.1 Å². The summed E-state index contributed by atoms with van der Waals surface area (Å²) < 4.78 is 14.5. The first-order chi connectivity index (χ1) is 5.27. The largest absolute Gasteiger partial charge is 0.197 e. The lowest BCUT2D eigenvalue weighted by molar-refractivity contribution is 0.959. The van der Waals surface area contributed by atoms with E-state index in [0.29, 0.717) is 11.0 Å². The number of hydrogen-bond acceptors (Lipinski definition) is 2. The normalized spacial score (nSPS) is 13.3. The van der Waals surface area contributed by atoms with E-state index >= 15 is 0 Å². The minimum Gasteiger partial charge on any atom is -0.197 e. The van der Waals surface area contributed by atoms with Gasteiger partial charge in [-0.15, -0.1) is 0 Å². The Bertz CT molecular complexity index is 360. The summed E-state index contributed by atoms with van der Waals surface area (Å²) in [7, 11) is 0. The Morgan fingerprint density at radius 2 is 1.78 bits per heavy atom. The van der Waals surface area contributed by atoms with Crippen LogP contribution in [-0.2, 0) is 0 Å². The molecule has 0 spiro atoms. The number of para-hydroxylation sites is 2. The van der Waals surface area contributed by atoms with E-state index in [0.717, 1.165) is 0 Å². The van der Waals surface area contributed by atoms with E-state index in [1.165, 1.54) is 12.1 Å². The molecule has 2 aromatic rings. The van der Waals surface area contributed by atoms with Crippen LogP contribution in [0.1, 0.15) is 2.74 Å². The van der Waals surface area contributed by atoms with E-state index in [1.54, 1.807) is 0 Å². The monoisotopic (exact) mass is 121 g/mol. The van der Waals surface area contributed by atoms with Gasteiger partial charge in [-0.3, -0.25) is 0 Å². The van der Waals surface area contributed by atoms with Gasteiger partial charge in [0.2, 0.25) is 0 Å². The second-order valence-corrected chi connectivity index (χ2v) is 1.67. The number of aromatic amines is 1. The topological polar surface area (TPSA) is 41.6 Å². The maximum Gasteiger partial charge on any atom is 0.112 e. The molecule has 0 saturated carbocycles. The molecule has 0 atom stereocenters. The maximum atomic E-state index is 7.27. The molecular formula is C6H5N3. The SMILES string of the molecule is [2H]c1cc2n[nH]nc2cc1[2H]. The Kier molecular flexibility index (Phi) is 0.509. The molecule has 1 aromatic carbocycles. The summed E-state index contributed by atoms with van der Waals surface area (Å²) in [6.45, 7) is 0. The molecule has 0 fully saturated rings. The summed E-state index contributed by atoms with van der Waals surface area (Å²) in [6, 6.07) is 3.38. The second-order valence-electron chi connectivity index (χ2n) is 1.67. The van der Waals surface area contributed by atoms with E-state index in [-0.39, 0.29) is 12.1 Å². The highest BCUT2D eigenvalue weighted by Crippen LogP contribution is 2.03. The van der Waals surface area contributed by atoms with Crippen molar-refractivity contribution in [3.8, 4) is 0 Å². The lowest BCUT2D eigenvalue weighted by atomic mass is 10.3. The Morgan fingerprint density at radius 3 is 2.33 bits per heavy atom. The maximum absolute atomic E-state index is 7.27. The van der Waals surface area contributed by atoms with Crippen molar-refractivity contribution in [2.75, 3.05) is 0 Å². The average Bonchev–Trinajstić information content (AvgIpc) is 2.36. The highest BCUT2D eigenvalue weighted by molar-refractivity contribution is 5.72. The van der Waals surface area contributed by atoms with Crippen molar-refractivity contribution in [2.45, 2.75) is 0 Å². The first-order valence-electron chi connectivity index (χ1n) is 3.55. The average molecular weight is 121 g/mol. The van der Waals surface area contributed by atoms with E-state index in [2.05, 4.69) is 15.4 Å². The molecule has 1 heterocycles. The first kappa shape index (κ1) is 2.96. The molecule has 3 heteroatoms. The summed E-state index contributed by atoms with van der Waals surface area (Å²) >= 11 is 0. The Labute approximate surface area is 54.5 Å². The number of fused-ring (bicyclic) bond motifs is 1. The Morgan fingerprint density at radius 1 is 1.22 bits per heavy atom.